The van der Waals surface area contributed by atoms with E-state index in [1.165, 1.54) is 75.1 Å². The van der Waals surface area contributed by atoms with Gasteiger partial charge in [0.15, 0.2) is 0 Å². The first-order chi connectivity index (χ1) is 25.5. The van der Waals surface area contributed by atoms with Gasteiger partial charge in [-0.2, -0.15) is 0 Å². The molecule has 6 aliphatic heterocycles. The van der Waals surface area contributed by atoms with E-state index in [2.05, 4.69) is 78.4 Å². The molecule has 2 unspecified atom stereocenters. The summed E-state index contributed by atoms with van der Waals surface area (Å²) in [5.74, 6) is 2.73. The third kappa shape index (κ3) is 9.56. The van der Waals surface area contributed by atoms with Gasteiger partial charge in [0.2, 0.25) is 11.8 Å². The average Bonchev–Trinajstić information content (AvgIpc) is 3.18. The van der Waals surface area contributed by atoms with Gasteiger partial charge in [0.05, 0.1) is 12.1 Å². The lowest BCUT2D eigenvalue weighted by Gasteiger charge is -2.41. The molecule has 8 rings (SSSR count). The molecule has 2 amide bonds. The number of pyridine rings is 2. The number of piperidine rings is 4. The van der Waals surface area contributed by atoms with Crippen LogP contribution in [0.15, 0.2) is 24.3 Å². The van der Waals surface area contributed by atoms with Gasteiger partial charge in [-0.25, -0.2) is 9.97 Å². The van der Waals surface area contributed by atoms with Crippen molar-refractivity contribution in [2.24, 2.45) is 5.92 Å². The highest BCUT2D eigenvalue weighted by atomic mass is 35.5. The second kappa shape index (κ2) is 18.3. The molecule has 6 aliphatic rings. The van der Waals surface area contributed by atoms with Crippen molar-refractivity contribution < 1.29 is 9.59 Å². The lowest BCUT2D eigenvalue weighted by molar-refractivity contribution is -0.137. The number of anilines is 1. The van der Waals surface area contributed by atoms with Crippen LogP contribution in [0.3, 0.4) is 0 Å². The summed E-state index contributed by atoms with van der Waals surface area (Å²) < 4.78 is 0. The van der Waals surface area contributed by atoms with Crippen LogP contribution in [0.5, 0.6) is 0 Å². The Morgan fingerprint density at radius 2 is 1.17 bits per heavy atom. The van der Waals surface area contributed by atoms with Gasteiger partial charge < -0.3 is 24.5 Å². The number of hydrogen-bond donors (Lipinski definition) is 0. The van der Waals surface area contributed by atoms with Gasteiger partial charge in [0, 0.05) is 88.4 Å². The Morgan fingerprint density at radius 3 is 1.68 bits per heavy atom. The molecular weight excluding hydrogens is 682 g/mol. The minimum atomic E-state index is 0.245. The Morgan fingerprint density at radius 1 is 0.679 bits per heavy atom. The fourth-order valence-electron chi connectivity index (χ4n) is 9.54. The number of amides is 2. The molecule has 4 saturated heterocycles. The molecule has 0 aliphatic carbocycles. The number of fused-ring (bicyclic) bond motifs is 6. The third-order valence-electron chi connectivity index (χ3n) is 13.1. The summed E-state index contributed by atoms with van der Waals surface area (Å²) >= 11 is 5.89. The van der Waals surface area contributed by atoms with Crippen LogP contribution in [-0.4, -0.2) is 106 Å². The van der Waals surface area contributed by atoms with E-state index in [-0.39, 0.29) is 18.0 Å². The molecular formula is C43H66ClN7O2. The maximum atomic E-state index is 12.2. The fourth-order valence-corrected chi connectivity index (χ4v) is 9.71. The van der Waals surface area contributed by atoms with E-state index >= 15 is 0 Å². The molecule has 8 heterocycles. The number of hydrogen-bond acceptors (Lipinski definition) is 7. The number of halogens is 1. The smallest absolute Gasteiger partial charge is 0.223 e. The van der Waals surface area contributed by atoms with Gasteiger partial charge in [0.1, 0.15) is 11.0 Å². The number of likely N-dealkylation sites (tertiary alicyclic amines) is 2. The van der Waals surface area contributed by atoms with Crippen molar-refractivity contribution in [3.8, 4) is 0 Å². The summed E-state index contributed by atoms with van der Waals surface area (Å²) in [6, 6.07) is 10.8. The van der Waals surface area contributed by atoms with Gasteiger partial charge >= 0.3 is 0 Å². The highest BCUT2D eigenvalue weighted by Crippen LogP contribution is 2.38. The molecule has 292 valence electrons. The Balaban J connectivity index is 0.000000151. The summed E-state index contributed by atoms with van der Waals surface area (Å²) in [4.78, 5) is 45.0. The number of nitrogens with zero attached hydrogens (tertiary/aromatic N) is 7. The monoisotopic (exact) mass is 747 g/mol. The minimum Gasteiger partial charge on any atom is -0.357 e. The van der Waals surface area contributed by atoms with Crippen LogP contribution < -0.4 is 4.90 Å². The van der Waals surface area contributed by atoms with Gasteiger partial charge in [0.25, 0.3) is 0 Å². The second-order valence-corrected chi connectivity index (χ2v) is 17.2. The van der Waals surface area contributed by atoms with Crippen LogP contribution >= 0.6 is 11.6 Å². The van der Waals surface area contributed by atoms with Crippen LogP contribution in [0.1, 0.15) is 140 Å². The van der Waals surface area contributed by atoms with Gasteiger partial charge in [-0.1, -0.05) is 37.1 Å². The van der Waals surface area contributed by atoms with E-state index in [0.29, 0.717) is 29.6 Å². The lowest BCUT2D eigenvalue weighted by atomic mass is 9.89. The zero-order chi connectivity index (χ0) is 37.6. The molecule has 0 bridgehead atoms. The Kier molecular flexibility index (Phi) is 13.8. The molecule has 10 heteroatoms. The highest BCUT2D eigenvalue weighted by molar-refractivity contribution is 6.29. The van der Waals surface area contributed by atoms with Crippen molar-refractivity contribution >= 4 is 29.2 Å². The van der Waals surface area contributed by atoms with Crippen LogP contribution in [0.25, 0.3) is 0 Å². The Hall–Kier alpha value is -2.75. The van der Waals surface area contributed by atoms with E-state index in [1.807, 2.05) is 17.0 Å². The van der Waals surface area contributed by atoms with Crippen molar-refractivity contribution in [3.05, 3.63) is 51.9 Å². The number of carbonyl (C=O) groups excluding carboxylic acids is 2. The normalized spacial score (nSPS) is 24.0. The third-order valence-corrected chi connectivity index (χ3v) is 13.3. The summed E-state index contributed by atoms with van der Waals surface area (Å²) in [6.45, 7) is 18.1. The number of carbonyl (C=O) groups is 2. The maximum Gasteiger partial charge on any atom is 0.223 e. The van der Waals surface area contributed by atoms with E-state index in [4.69, 9.17) is 16.6 Å². The lowest BCUT2D eigenvalue weighted by Crippen LogP contribution is -2.46. The molecule has 0 spiro atoms. The van der Waals surface area contributed by atoms with Crippen LogP contribution in [0, 0.1) is 5.92 Å². The maximum absolute atomic E-state index is 12.2. The number of rotatable bonds is 5. The van der Waals surface area contributed by atoms with E-state index in [1.54, 1.807) is 0 Å². The standard InChI is InChI=1S/C21H32N4O.C12H13ClN2O.C10H21N/c1-15(2)24-12-9-16(10-13-24)23(3)20-8-7-17-18(22-20)11-14-25-19(17)5-4-6-21(25)26;13-11-5-4-8-9(14-11)6-7-15-10(8)2-1-3-12(15)16;1-4-10-5-7-11(8-6-10)9(2)3/h7-8,15-16,19H,4-6,9-14H2,1-3H3;4-5,10H,1-3,6-7H2;9-10H,4-8H2,1-3H3. The van der Waals surface area contributed by atoms with Gasteiger partial charge in [-0.3, -0.25) is 9.59 Å². The zero-order valence-electron chi connectivity index (χ0n) is 33.5. The molecule has 0 radical (unpaired) electrons. The van der Waals surface area contributed by atoms with Crippen molar-refractivity contribution in [2.75, 3.05) is 51.2 Å². The first kappa shape index (κ1) is 39.9. The quantitative estimate of drug-likeness (QED) is 0.289. The van der Waals surface area contributed by atoms with Gasteiger partial charge in [-0.05, 0) is 121 Å². The molecule has 53 heavy (non-hydrogen) atoms. The molecule has 0 saturated carbocycles. The molecule has 9 nitrogen and oxygen atoms in total. The first-order valence-electron chi connectivity index (χ1n) is 21.0. The van der Waals surface area contributed by atoms with Crippen molar-refractivity contribution in [1.29, 1.82) is 0 Å². The summed E-state index contributed by atoms with van der Waals surface area (Å²) in [6.07, 6.45) is 13.9. The number of aromatic nitrogens is 2. The van der Waals surface area contributed by atoms with Crippen molar-refractivity contribution in [3.63, 3.8) is 0 Å². The summed E-state index contributed by atoms with van der Waals surface area (Å²) in [7, 11) is 2.20. The Bertz CT molecular complexity index is 1530. The highest BCUT2D eigenvalue weighted by Gasteiger charge is 2.36. The van der Waals surface area contributed by atoms with Crippen molar-refractivity contribution in [1.82, 2.24) is 29.6 Å². The van der Waals surface area contributed by atoms with Crippen LogP contribution in [0.2, 0.25) is 5.15 Å². The van der Waals surface area contributed by atoms with E-state index in [0.717, 1.165) is 81.5 Å². The second-order valence-electron chi connectivity index (χ2n) is 16.8. The Labute approximate surface area is 324 Å². The largest absolute Gasteiger partial charge is 0.357 e. The van der Waals surface area contributed by atoms with Crippen molar-refractivity contribution in [2.45, 2.75) is 148 Å². The summed E-state index contributed by atoms with van der Waals surface area (Å²) in [5, 5.41) is 0.550. The molecule has 4 fully saturated rings. The first-order valence-corrected chi connectivity index (χ1v) is 21.4. The zero-order valence-corrected chi connectivity index (χ0v) is 34.3. The molecule has 0 N–H and O–H groups in total. The summed E-state index contributed by atoms with van der Waals surface area (Å²) in [5.41, 5.74) is 4.77. The predicted octanol–water partition coefficient (Wildman–Crippen LogP) is 7.86. The topological polar surface area (TPSA) is 76.1 Å². The predicted molar refractivity (Wildman–Crippen MR) is 215 cm³/mol. The van der Waals surface area contributed by atoms with Gasteiger partial charge in [-0.15, -0.1) is 0 Å². The fraction of sp³-hybridized carbons (Fsp3) is 0.721. The molecule has 0 aromatic carbocycles. The molecule has 2 atom stereocenters. The van der Waals surface area contributed by atoms with Crippen LogP contribution in [-0.2, 0) is 22.4 Å². The molecule has 2 aromatic rings. The van der Waals surface area contributed by atoms with E-state index < -0.39 is 0 Å². The molecule has 2 aromatic heterocycles. The van der Waals surface area contributed by atoms with E-state index in [9.17, 15) is 9.59 Å². The van der Waals surface area contributed by atoms with Crippen LogP contribution in [0.4, 0.5) is 5.82 Å². The minimum absolute atomic E-state index is 0.245. The average molecular weight is 749 g/mol. The SMILES string of the molecule is CC(C)N1CCC(N(C)c2ccc3c(n2)CCN2C(=O)CCCC32)CC1.CCC1CCN(C(C)C)CC1.O=C1CCCC2c3ccc(Cl)nc3CCN12.